The van der Waals surface area contributed by atoms with Gasteiger partial charge in [-0.15, -0.1) is 0 Å². The molecule has 26 heavy (non-hydrogen) atoms. The number of carboxylic acids is 1. The Labute approximate surface area is 153 Å². The van der Waals surface area contributed by atoms with Crippen LogP contribution in [0, 0.1) is 5.92 Å². The molecule has 6 nitrogen and oxygen atoms in total. The molecular formula is C20H26N2O4. The molecule has 1 saturated carbocycles. The number of nitrogens with zero attached hydrogens (tertiary/aromatic N) is 1. The Bertz CT molecular complexity index is 783. The number of carbonyl (C=O) groups is 2. The molecule has 140 valence electrons. The Kier molecular flexibility index (Phi) is 5.93. The van der Waals surface area contributed by atoms with Gasteiger partial charge in [0.15, 0.2) is 0 Å². The molecule has 2 aromatic rings. The summed E-state index contributed by atoms with van der Waals surface area (Å²) in [6, 6.07) is 7.44. The van der Waals surface area contributed by atoms with E-state index in [4.69, 9.17) is 4.74 Å². The van der Waals surface area contributed by atoms with Crippen LogP contribution in [0.1, 0.15) is 42.5 Å². The van der Waals surface area contributed by atoms with Gasteiger partial charge in [-0.05, 0) is 18.9 Å². The average Bonchev–Trinajstić information content (AvgIpc) is 2.84. The molecule has 1 aliphatic rings. The number of para-hydroxylation sites is 1. The van der Waals surface area contributed by atoms with Gasteiger partial charge in [0.1, 0.15) is 0 Å². The molecule has 1 aliphatic carbocycles. The zero-order valence-corrected chi connectivity index (χ0v) is 15.1. The van der Waals surface area contributed by atoms with E-state index < -0.39 is 11.9 Å². The molecule has 1 aromatic carbocycles. The zero-order valence-electron chi connectivity index (χ0n) is 15.1. The Morgan fingerprint density at radius 3 is 2.77 bits per heavy atom. The second-order valence-electron chi connectivity index (χ2n) is 6.91. The summed E-state index contributed by atoms with van der Waals surface area (Å²) in [6.07, 6.45) is 6.04. The summed E-state index contributed by atoms with van der Waals surface area (Å²) in [5.41, 5.74) is 1.57. The van der Waals surface area contributed by atoms with Crippen LogP contribution in [0.25, 0.3) is 10.9 Å². The van der Waals surface area contributed by atoms with Crippen molar-refractivity contribution in [2.24, 2.45) is 5.92 Å². The van der Waals surface area contributed by atoms with Gasteiger partial charge in [0.05, 0.1) is 18.1 Å². The highest BCUT2D eigenvalue weighted by molar-refractivity contribution is 6.07. The average molecular weight is 358 g/mol. The number of fused-ring (bicyclic) bond motifs is 1. The highest BCUT2D eigenvalue weighted by atomic mass is 16.5. The molecule has 1 amide bonds. The molecule has 2 atom stereocenters. The van der Waals surface area contributed by atoms with Crippen molar-refractivity contribution in [1.29, 1.82) is 0 Å². The predicted molar refractivity (Wildman–Crippen MR) is 99.3 cm³/mol. The number of aromatic nitrogens is 1. The third-order valence-electron chi connectivity index (χ3n) is 5.22. The molecule has 0 saturated heterocycles. The summed E-state index contributed by atoms with van der Waals surface area (Å²) in [5, 5.41) is 13.4. The number of carboxylic acid groups (broad SMARTS) is 1. The Hall–Kier alpha value is -2.34. The minimum absolute atomic E-state index is 0.199. The third-order valence-corrected chi connectivity index (χ3v) is 5.22. The number of benzene rings is 1. The maximum absolute atomic E-state index is 12.9. The Morgan fingerprint density at radius 1 is 1.23 bits per heavy atom. The smallest absolute Gasteiger partial charge is 0.308 e. The SMILES string of the molecule is COCCn1cc(C(=O)N[C@H]2CCCCC[C@H]2C(=O)O)c2ccccc21. The second-order valence-corrected chi connectivity index (χ2v) is 6.91. The number of carbonyl (C=O) groups excluding carboxylic acids is 1. The maximum Gasteiger partial charge on any atom is 0.308 e. The number of methoxy groups -OCH3 is 1. The number of nitrogens with one attached hydrogen (secondary N) is 1. The van der Waals surface area contributed by atoms with Crippen molar-refractivity contribution < 1.29 is 19.4 Å². The summed E-state index contributed by atoms with van der Waals surface area (Å²) < 4.78 is 7.16. The minimum atomic E-state index is -0.820. The van der Waals surface area contributed by atoms with E-state index in [0.717, 1.165) is 30.2 Å². The molecule has 0 bridgehead atoms. The number of hydrogen-bond acceptors (Lipinski definition) is 3. The van der Waals surface area contributed by atoms with Crippen molar-refractivity contribution in [3.8, 4) is 0 Å². The molecule has 1 aromatic heterocycles. The van der Waals surface area contributed by atoms with Crippen LogP contribution >= 0.6 is 0 Å². The van der Waals surface area contributed by atoms with Crippen LogP contribution in [0.3, 0.4) is 0 Å². The lowest BCUT2D eigenvalue weighted by Crippen LogP contribution is -2.42. The third kappa shape index (κ3) is 3.90. The van der Waals surface area contributed by atoms with Crippen molar-refractivity contribution in [1.82, 2.24) is 9.88 Å². The molecular weight excluding hydrogens is 332 g/mol. The number of ether oxygens (including phenoxy) is 1. The van der Waals surface area contributed by atoms with Crippen LogP contribution in [0.2, 0.25) is 0 Å². The van der Waals surface area contributed by atoms with Gasteiger partial charge in [-0.25, -0.2) is 0 Å². The lowest BCUT2D eigenvalue weighted by molar-refractivity contribution is -0.142. The van der Waals surface area contributed by atoms with Crippen molar-refractivity contribution in [2.45, 2.75) is 44.7 Å². The molecule has 2 N–H and O–H groups in total. The van der Waals surface area contributed by atoms with Crippen LogP contribution in [0.5, 0.6) is 0 Å². The summed E-state index contributed by atoms with van der Waals surface area (Å²) >= 11 is 0. The summed E-state index contributed by atoms with van der Waals surface area (Å²) in [5.74, 6) is -1.53. The first-order valence-electron chi connectivity index (χ1n) is 9.22. The molecule has 0 unspecified atom stereocenters. The molecule has 1 fully saturated rings. The van der Waals surface area contributed by atoms with E-state index in [-0.39, 0.29) is 11.9 Å². The molecule has 6 heteroatoms. The van der Waals surface area contributed by atoms with Crippen molar-refractivity contribution in [3.63, 3.8) is 0 Å². The standard InChI is InChI=1S/C20H26N2O4/c1-26-12-11-22-13-16(14-7-5-6-10-18(14)22)19(23)21-17-9-4-2-3-8-15(17)20(24)25/h5-7,10,13,15,17H,2-4,8-9,11-12H2,1H3,(H,21,23)(H,24,25)/t15-,17+/m1/s1. The fraction of sp³-hybridized carbons (Fsp3) is 0.500. The van der Waals surface area contributed by atoms with Gasteiger partial charge >= 0.3 is 5.97 Å². The number of rotatable bonds is 6. The fourth-order valence-corrected chi connectivity index (χ4v) is 3.82. The molecule has 1 heterocycles. The lowest BCUT2D eigenvalue weighted by atomic mass is 9.94. The zero-order chi connectivity index (χ0) is 18.5. The number of amides is 1. The molecule has 0 radical (unpaired) electrons. The van der Waals surface area contributed by atoms with E-state index in [0.29, 0.717) is 31.6 Å². The van der Waals surface area contributed by atoms with Gasteiger partial charge in [-0.1, -0.05) is 37.5 Å². The Balaban J connectivity index is 1.86. The highest BCUT2D eigenvalue weighted by Crippen LogP contribution is 2.26. The van der Waals surface area contributed by atoms with E-state index in [1.54, 1.807) is 7.11 Å². The van der Waals surface area contributed by atoms with E-state index in [1.807, 2.05) is 35.0 Å². The van der Waals surface area contributed by atoms with Crippen molar-refractivity contribution in [3.05, 3.63) is 36.0 Å². The predicted octanol–water partition coefficient (Wildman–Crippen LogP) is 3.05. The summed E-state index contributed by atoms with van der Waals surface area (Å²) in [7, 11) is 1.65. The fourth-order valence-electron chi connectivity index (χ4n) is 3.82. The summed E-state index contributed by atoms with van der Waals surface area (Å²) in [6.45, 7) is 1.22. The van der Waals surface area contributed by atoms with Crippen LogP contribution in [-0.4, -0.2) is 41.3 Å². The van der Waals surface area contributed by atoms with Crippen molar-refractivity contribution >= 4 is 22.8 Å². The molecule has 0 aliphatic heterocycles. The van der Waals surface area contributed by atoms with E-state index in [9.17, 15) is 14.7 Å². The summed E-state index contributed by atoms with van der Waals surface area (Å²) in [4.78, 5) is 24.5. The lowest BCUT2D eigenvalue weighted by Gasteiger charge is -2.22. The minimum Gasteiger partial charge on any atom is -0.481 e. The first kappa shape index (κ1) is 18.5. The normalized spacial score (nSPS) is 20.7. The maximum atomic E-state index is 12.9. The quantitative estimate of drug-likeness (QED) is 0.778. The first-order valence-corrected chi connectivity index (χ1v) is 9.22. The second kappa shape index (κ2) is 8.36. The van der Waals surface area contributed by atoms with Gasteiger partial charge in [0.2, 0.25) is 0 Å². The largest absolute Gasteiger partial charge is 0.481 e. The van der Waals surface area contributed by atoms with E-state index in [1.165, 1.54) is 0 Å². The topological polar surface area (TPSA) is 80.6 Å². The van der Waals surface area contributed by atoms with Gasteiger partial charge in [0.25, 0.3) is 5.91 Å². The number of hydrogen-bond donors (Lipinski definition) is 2. The van der Waals surface area contributed by atoms with Crippen molar-refractivity contribution in [2.75, 3.05) is 13.7 Å². The van der Waals surface area contributed by atoms with Crippen LogP contribution < -0.4 is 5.32 Å². The van der Waals surface area contributed by atoms with Gasteiger partial charge < -0.3 is 19.7 Å². The first-order chi connectivity index (χ1) is 12.6. The van der Waals surface area contributed by atoms with Crippen LogP contribution in [-0.2, 0) is 16.1 Å². The Morgan fingerprint density at radius 2 is 2.00 bits per heavy atom. The number of aliphatic carboxylic acids is 1. The monoisotopic (exact) mass is 358 g/mol. The van der Waals surface area contributed by atoms with Gasteiger partial charge in [-0.3, -0.25) is 9.59 Å². The van der Waals surface area contributed by atoms with E-state index >= 15 is 0 Å². The van der Waals surface area contributed by atoms with E-state index in [2.05, 4.69) is 5.32 Å². The van der Waals surface area contributed by atoms with Gasteiger partial charge in [-0.2, -0.15) is 0 Å². The van der Waals surface area contributed by atoms with Gasteiger partial charge in [0, 0.05) is 36.8 Å². The molecule has 3 rings (SSSR count). The van der Waals surface area contributed by atoms with Crippen LogP contribution in [0.15, 0.2) is 30.5 Å². The van der Waals surface area contributed by atoms with Crippen LogP contribution in [0.4, 0.5) is 0 Å². The highest BCUT2D eigenvalue weighted by Gasteiger charge is 2.31. The molecule has 0 spiro atoms.